The quantitative estimate of drug-likeness (QED) is 0.0446. The monoisotopic (exact) mass is 1180 g/mol. The Balaban J connectivity index is 0.000000660. The lowest BCUT2D eigenvalue weighted by molar-refractivity contribution is -0.142. The number of likely N-dealkylation sites (tertiary alicyclic amines) is 1. The number of carbonyl (C=O) groups is 7. The van der Waals surface area contributed by atoms with Gasteiger partial charge in [-0.1, -0.05) is 158 Å². The lowest BCUT2D eigenvalue weighted by Crippen LogP contribution is -2.52. The maximum atomic E-state index is 12.4. The number of hydrogen-bond acceptors (Lipinski definition) is 11. The number of aryl methyl sites for hydroxylation is 1. The highest BCUT2D eigenvalue weighted by Crippen LogP contribution is 2.38. The average Bonchev–Trinajstić information content (AvgIpc) is 2.63. The van der Waals surface area contributed by atoms with E-state index in [0.29, 0.717) is 74.7 Å². The van der Waals surface area contributed by atoms with E-state index in [2.05, 4.69) is 109 Å². The molecule has 7 amide bonds. The van der Waals surface area contributed by atoms with Gasteiger partial charge in [-0.3, -0.25) is 49.2 Å². The van der Waals surface area contributed by atoms with E-state index in [-0.39, 0.29) is 55.2 Å². The molecule has 470 valence electrons. The van der Waals surface area contributed by atoms with Crippen LogP contribution in [0.1, 0.15) is 213 Å². The van der Waals surface area contributed by atoms with Crippen LogP contribution in [-0.4, -0.2) is 89.2 Å². The zero-order valence-corrected chi connectivity index (χ0v) is 53.8. The van der Waals surface area contributed by atoms with Crippen molar-refractivity contribution >= 4 is 47.6 Å². The minimum Gasteiger partial charge on any atom is -0.492 e. The molecule has 4 aliphatic rings. The van der Waals surface area contributed by atoms with Crippen LogP contribution in [0.15, 0.2) is 107 Å². The number of allylic oxidation sites excluding steroid dienone is 4. The first kappa shape index (κ1) is 76.1. The Kier molecular flexibility index (Phi) is 34.4. The minimum absolute atomic E-state index is 0. The number of aliphatic imine (C=N–C) groups is 1. The molecule has 0 bridgehead atoms. The molecule has 3 atom stereocenters. The molecule has 3 saturated heterocycles. The number of fused-ring (bicyclic) bond motifs is 1. The van der Waals surface area contributed by atoms with E-state index < -0.39 is 18.0 Å². The summed E-state index contributed by atoms with van der Waals surface area (Å²) in [6.07, 6.45) is 12.7. The smallest absolute Gasteiger partial charge is 0.255 e. The summed E-state index contributed by atoms with van der Waals surface area (Å²) in [6.45, 7) is 39.2. The van der Waals surface area contributed by atoms with E-state index >= 15 is 0 Å². The third-order valence-corrected chi connectivity index (χ3v) is 14.8. The van der Waals surface area contributed by atoms with Gasteiger partial charge >= 0.3 is 0 Å². The van der Waals surface area contributed by atoms with Gasteiger partial charge in [-0.15, -0.1) is 0 Å². The van der Waals surface area contributed by atoms with E-state index in [9.17, 15) is 38.8 Å². The van der Waals surface area contributed by atoms with Crippen molar-refractivity contribution in [3.63, 3.8) is 0 Å². The first-order valence-electron chi connectivity index (χ1n) is 30.4. The highest BCUT2D eigenvalue weighted by atomic mass is 16.5. The van der Waals surface area contributed by atoms with Crippen LogP contribution in [0, 0.1) is 17.2 Å². The molecule has 0 aliphatic carbocycles. The molecule has 3 aromatic carbocycles. The Hall–Kier alpha value is -7.93. The lowest BCUT2D eigenvalue weighted by atomic mass is 9.77. The lowest BCUT2D eigenvalue weighted by Gasteiger charge is -2.29. The molecule has 4 heterocycles. The van der Waals surface area contributed by atoms with Crippen molar-refractivity contribution in [3.8, 4) is 17.6 Å². The fourth-order valence-electron chi connectivity index (χ4n) is 9.43. The van der Waals surface area contributed by atoms with Crippen LogP contribution in [0.3, 0.4) is 0 Å². The second-order valence-corrected chi connectivity index (χ2v) is 21.2. The summed E-state index contributed by atoms with van der Waals surface area (Å²) in [5.74, 6) is 0.406. The summed E-state index contributed by atoms with van der Waals surface area (Å²) in [6, 6.07) is 19.1. The number of benzene rings is 3. The number of amides is 7. The molecule has 3 N–H and O–H groups in total. The summed E-state index contributed by atoms with van der Waals surface area (Å²) >= 11 is 0. The zero-order valence-electron chi connectivity index (χ0n) is 53.8. The normalized spacial score (nSPS) is 17.4. The van der Waals surface area contributed by atoms with Gasteiger partial charge in [0.1, 0.15) is 36.3 Å². The highest BCUT2D eigenvalue weighted by molar-refractivity contribution is 6.07. The van der Waals surface area contributed by atoms with Crippen molar-refractivity contribution in [1.82, 2.24) is 25.8 Å². The average molecular weight is 1180 g/mol. The Labute approximate surface area is 515 Å². The van der Waals surface area contributed by atoms with Gasteiger partial charge in [0.25, 0.3) is 11.8 Å². The van der Waals surface area contributed by atoms with Crippen molar-refractivity contribution in [2.24, 2.45) is 10.9 Å². The van der Waals surface area contributed by atoms with Crippen LogP contribution in [0.2, 0.25) is 0 Å². The molecule has 0 saturated carbocycles. The first-order valence-corrected chi connectivity index (χ1v) is 30.4. The van der Waals surface area contributed by atoms with Crippen molar-refractivity contribution in [2.45, 2.75) is 207 Å². The van der Waals surface area contributed by atoms with E-state index in [1.54, 1.807) is 25.1 Å². The van der Waals surface area contributed by atoms with Crippen LogP contribution >= 0.6 is 0 Å². The van der Waals surface area contributed by atoms with Gasteiger partial charge in [0, 0.05) is 54.7 Å². The number of carbonyl (C=O) groups excluding carboxylic acids is 7. The molecule has 86 heavy (non-hydrogen) atoms. The van der Waals surface area contributed by atoms with Crippen LogP contribution in [-0.2, 0) is 53.7 Å². The van der Waals surface area contributed by atoms with Crippen molar-refractivity contribution in [3.05, 3.63) is 141 Å². The topological polar surface area (TPSA) is 217 Å². The molecular formula is C70H101N7O9. The predicted octanol–water partition coefficient (Wildman–Crippen LogP) is 13.3. The van der Waals surface area contributed by atoms with Gasteiger partial charge < -0.3 is 24.6 Å². The van der Waals surface area contributed by atoms with E-state index in [1.807, 2.05) is 78.0 Å². The molecule has 0 spiro atoms. The van der Waals surface area contributed by atoms with Gasteiger partial charge in [-0.05, 0) is 129 Å². The number of nitriles is 1. The van der Waals surface area contributed by atoms with Crippen LogP contribution in [0.25, 0.3) is 0 Å². The number of hydrogen-bond donors (Lipinski definition) is 3. The third-order valence-electron chi connectivity index (χ3n) is 14.8. The molecule has 7 rings (SSSR count). The number of rotatable bonds is 19. The van der Waals surface area contributed by atoms with Gasteiger partial charge in [0.2, 0.25) is 30.0 Å². The van der Waals surface area contributed by atoms with Crippen molar-refractivity contribution in [2.75, 3.05) is 19.8 Å². The minimum atomic E-state index is -0.603. The Bertz CT molecular complexity index is 2940. The summed E-state index contributed by atoms with van der Waals surface area (Å²) < 4.78 is 12.3. The fraction of sp³-hybridized carbons (Fsp3) is 0.500. The van der Waals surface area contributed by atoms with Crippen LogP contribution in [0.5, 0.6) is 11.5 Å². The molecule has 0 aromatic heterocycles. The van der Waals surface area contributed by atoms with Gasteiger partial charge in [-0.25, -0.2) is 0 Å². The second-order valence-electron chi connectivity index (χ2n) is 21.2. The predicted molar refractivity (Wildman–Crippen MR) is 347 cm³/mol. The number of nitrogens with zero attached hydrogens (tertiary/aromatic N) is 4. The largest absolute Gasteiger partial charge is 0.492 e. The van der Waals surface area contributed by atoms with Crippen molar-refractivity contribution < 1.29 is 43.0 Å². The molecule has 16 heteroatoms. The number of imide groups is 2. The van der Waals surface area contributed by atoms with Gasteiger partial charge in [-0.2, -0.15) is 5.26 Å². The Morgan fingerprint density at radius 2 is 1.42 bits per heavy atom. The summed E-state index contributed by atoms with van der Waals surface area (Å²) in [5, 5.41) is 17.1. The van der Waals surface area contributed by atoms with Gasteiger partial charge in [0.05, 0.1) is 17.9 Å². The standard InChI is InChI=1S/C35H48N2O2.C15H15N3O4.C12H14N2O3.C3H8.2C2H6.CH4/c1-10-14-32(37-27(7)26(6)12-3)24-39-33-17-15-30(16-18-33)35(8,9)31-21-28(13-4)34(29(22-31)23-36)38-20-19-25(5)11-2;19-8-16-6-9-1-2-11-10(5-9)7-18(15(11)22)12-3-4-13(20)17-14(12)21;1-3-8-7(2)6-14(12(8)17)9-4-5-10(15)13-11(9)16;1-3-2;2*1-2;/h10,14-18,21-22,25H,11-13,19-20,24H2,1-9H3;1-2,5,8,12H,3-4,6-7H2,(H,16,19)(H,17,20,21);3,9H,2,4-6H2,1H3,(H,13,15,16);3H2,1-2H3;2*1-2H3;1H4/b14-10-,27-26?,37-32?;;8-3+;;;;. The van der Waals surface area contributed by atoms with Crippen LogP contribution in [0.4, 0.5) is 0 Å². The second kappa shape index (κ2) is 38.9. The third kappa shape index (κ3) is 21.5. The highest BCUT2D eigenvalue weighted by Gasteiger charge is 2.41. The maximum Gasteiger partial charge on any atom is 0.255 e. The molecule has 0 radical (unpaired) electrons. The van der Waals surface area contributed by atoms with E-state index in [0.717, 1.165) is 82.0 Å². The zero-order chi connectivity index (χ0) is 64.0. The maximum absolute atomic E-state index is 12.4. The number of piperidine rings is 2. The number of ether oxygens (including phenoxy) is 2. The van der Waals surface area contributed by atoms with Gasteiger partial charge in [0.15, 0.2) is 0 Å². The molecule has 4 aliphatic heterocycles. The molecule has 3 aromatic rings. The molecule has 3 unspecified atom stereocenters. The summed E-state index contributed by atoms with van der Waals surface area (Å²) in [4.78, 5) is 88.4. The summed E-state index contributed by atoms with van der Waals surface area (Å²) in [7, 11) is 0. The SMILES string of the molecule is C.C/C=C\C(COc1ccc(C(C)(C)c2cc(C#N)c(OCCC(C)CC)c(CC)c2)cc1)=NC(C)=C(C)CC.C=C1CN(C2CCC(=O)NC2=O)C(=O)/C1=C/C.CC.CC.CCC.O=CNCc1ccc2c(c1)CN(C1CCC(=O)NC1=O)C2=O. The molecule has 16 nitrogen and oxygen atoms in total. The van der Waals surface area contributed by atoms with E-state index in [1.165, 1.54) is 21.8 Å². The number of nitrogens with one attached hydrogen (secondary N) is 3. The summed E-state index contributed by atoms with van der Waals surface area (Å²) in [5.41, 5.74) is 10.5. The first-order chi connectivity index (χ1) is 40.7. The van der Waals surface area contributed by atoms with Crippen molar-refractivity contribution in [1.29, 1.82) is 5.26 Å². The molecular weight excluding hydrogens is 1080 g/mol. The van der Waals surface area contributed by atoms with Crippen LogP contribution < -0.4 is 25.4 Å². The molecule has 3 fully saturated rings. The fourth-order valence-corrected chi connectivity index (χ4v) is 9.43. The Morgan fingerprint density at radius 1 is 0.837 bits per heavy atom. The Morgan fingerprint density at radius 3 is 1.91 bits per heavy atom. The van der Waals surface area contributed by atoms with E-state index in [4.69, 9.17) is 14.5 Å².